The Bertz CT molecular complexity index is 678. The molecule has 0 amide bonds. The van der Waals surface area contributed by atoms with E-state index >= 15 is 0 Å². The van der Waals surface area contributed by atoms with Crippen LogP contribution in [0.25, 0.3) is 0 Å². The molecule has 0 aromatic rings. The maximum Gasteiger partial charge on any atom is 0.187 e. The van der Waals surface area contributed by atoms with Gasteiger partial charge < -0.3 is 54.0 Å². The van der Waals surface area contributed by atoms with E-state index in [9.17, 15) is 25.5 Å². The summed E-state index contributed by atoms with van der Waals surface area (Å²) in [6.45, 7) is 11.9. The van der Waals surface area contributed by atoms with Crippen LogP contribution in [0.1, 0.15) is 67.2 Å². The smallest absolute Gasteiger partial charge is 0.187 e. The molecular formula is C28H54O11. The maximum atomic E-state index is 10.1. The van der Waals surface area contributed by atoms with Crippen LogP contribution in [0.4, 0.5) is 0 Å². The molecule has 0 aromatic carbocycles. The molecule has 0 aromatic heterocycles. The molecule has 3 heterocycles. The third-order valence-electron chi connectivity index (χ3n) is 7.71. The highest BCUT2D eigenvalue weighted by molar-refractivity contribution is 4.92. The van der Waals surface area contributed by atoms with Crippen LogP contribution >= 0.6 is 0 Å². The van der Waals surface area contributed by atoms with E-state index in [1.54, 1.807) is 14.2 Å². The third-order valence-corrected chi connectivity index (χ3v) is 7.71. The molecule has 11 nitrogen and oxygen atoms in total. The molecule has 39 heavy (non-hydrogen) atoms. The lowest BCUT2D eigenvalue weighted by atomic mass is 9.93. The Morgan fingerprint density at radius 1 is 0.692 bits per heavy atom. The van der Waals surface area contributed by atoms with Crippen molar-refractivity contribution in [3.05, 3.63) is 0 Å². The Morgan fingerprint density at radius 3 is 1.69 bits per heavy atom. The molecule has 3 rings (SSSR count). The molecule has 0 aliphatic carbocycles. The number of methoxy groups -OCH3 is 2. The first-order valence-corrected chi connectivity index (χ1v) is 14.3. The number of rotatable bonds is 9. The summed E-state index contributed by atoms with van der Waals surface area (Å²) >= 11 is 0. The van der Waals surface area contributed by atoms with Gasteiger partial charge in [0.05, 0.1) is 43.2 Å². The van der Waals surface area contributed by atoms with E-state index in [1.807, 2.05) is 13.8 Å². The van der Waals surface area contributed by atoms with E-state index in [1.165, 1.54) is 0 Å². The van der Waals surface area contributed by atoms with E-state index in [0.717, 1.165) is 19.3 Å². The zero-order valence-electron chi connectivity index (χ0n) is 24.9. The van der Waals surface area contributed by atoms with E-state index < -0.39 is 49.5 Å². The molecule has 0 bridgehead atoms. The zero-order chi connectivity index (χ0) is 29.4. The van der Waals surface area contributed by atoms with Gasteiger partial charge >= 0.3 is 0 Å². The van der Waals surface area contributed by atoms with E-state index in [0.29, 0.717) is 18.3 Å². The normalized spacial score (nSPS) is 43.3. The summed E-state index contributed by atoms with van der Waals surface area (Å²) in [5.74, 6) is 1.12. The number of ether oxygens (including phenoxy) is 6. The van der Waals surface area contributed by atoms with Gasteiger partial charge in [-0.05, 0) is 38.5 Å². The lowest BCUT2D eigenvalue weighted by Crippen LogP contribution is -2.61. The highest BCUT2D eigenvalue weighted by atomic mass is 16.7. The first-order valence-electron chi connectivity index (χ1n) is 14.3. The summed E-state index contributed by atoms with van der Waals surface area (Å²) in [4.78, 5) is 0. The molecule has 0 radical (unpaired) electrons. The Hall–Kier alpha value is -0.440. The van der Waals surface area contributed by atoms with Crippen LogP contribution in [0, 0.1) is 11.8 Å². The average Bonchev–Trinajstić information content (AvgIpc) is 2.87. The molecule has 3 saturated heterocycles. The largest absolute Gasteiger partial charge is 0.394 e. The lowest BCUT2D eigenvalue weighted by molar-refractivity contribution is -0.333. The molecule has 5 N–H and O–H groups in total. The topological polar surface area (TPSA) is 157 Å². The van der Waals surface area contributed by atoms with Gasteiger partial charge in [-0.2, -0.15) is 0 Å². The molecule has 13 atom stereocenters. The lowest BCUT2D eigenvalue weighted by Gasteiger charge is -2.45. The number of hydrogen-bond acceptors (Lipinski definition) is 11. The van der Waals surface area contributed by atoms with Gasteiger partial charge in [0.1, 0.15) is 36.6 Å². The monoisotopic (exact) mass is 566 g/mol. The predicted octanol–water partition coefficient (Wildman–Crippen LogP) is 0.996. The average molecular weight is 567 g/mol. The van der Waals surface area contributed by atoms with Gasteiger partial charge in [-0.3, -0.25) is 0 Å². The van der Waals surface area contributed by atoms with Crippen LogP contribution in [0.15, 0.2) is 0 Å². The number of aliphatic hydroxyl groups is 5. The van der Waals surface area contributed by atoms with Crippen molar-refractivity contribution in [1.82, 2.24) is 0 Å². The van der Waals surface area contributed by atoms with Gasteiger partial charge in [0.25, 0.3) is 0 Å². The molecule has 13 unspecified atom stereocenters. The summed E-state index contributed by atoms with van der Waals surface area (Å²) in [5, 5.41) is 48.9. The molecule has 232 valence electrons. The molecule has 3 aliphatic rings. The highest BCUT2D eigenvalue weighted by Gasteiger charge is 2.47. The Morgan fingerprint density at radius 2 is 1.21 bits per heavy atom. The van der Waals surface area contributed by atoms with Crippen molar-refractivity contribution in [2.75, 3.05) is 20.8 Å². The molecule has 11 heteroatoms. The van der Waals surface area contributed by atoms with Gasteiger partial charge in [-0.1, -0.05) is 27.7 Å². The fraction of sp³-hybridized carbons (Fsp3) is 1.00. The van der Waals surface area contributed by atoms with Crippen molar-refractivity contribution in [1.29, 1.82) is 0 Å². The second-order valence-electron chi connectivity index (χ2n) is 12.0. The fourth-order valence-electron chi connectivity index (χ4n) is 5.63. The van der Waals surface area contributed by atoms with Gasteiger partial charge in [0.2, 0.25) is 0 Å². The first kappa shape index (κ1) is 34.8. The Balaban J connectivity index is 0.000000322. The van der Waals surface area contributed by atoms with Crippen molar-refractivity contribution >= 4 is 0 Å². The highest BCUT2D eigenvalue weighted by Crippen LogP contribution is 2.31. The van der Waals surface area contributed by atoms with Crippen molar-refractivity contribution in [2.45, 2.75) is 147 Å². The second-order valence-corrected chi connectivity index (χ2v) is 12.0. The van der Waals surface area contributed by atoms with Crippen molar-refractivity contribution in [2.24, 2.45) is 11.8 Å². The van der Waals surface area contributed by atoms with Crippen molar-refractivity contribution < 1.29 is 54.0 Å². The third kappa shape index (κ3) is 9.82. The van der Waals surface area contributed by atoms with Crippen molar-refractivity contribution in [3.63, 3.8) is 0 Å². The van der Waals surface area contributed by atoms with Gasteiger partial charge in [-0.25, -0.2) is 0 Å². The van der Waals surface area contributed by atoms with Crippen LogP contribution in [-0.2, 0) is 28.4 Å². The summed E-state index contributed by atoms with van der Waals surface area (Å²) in [6.07, 6.45) is -4.51. The molecule has 0 saturated carbocycles. The summed E-state index contributed by atoms with van der Waals surface area (Å²) in [7, 11) is 3.25. The van der Waals surface area contributed by atoms with Crippen LogP contribution in [0.2, 0.25) is 0 Å². The maximum absolute atomic E-state index is 10.1. The minimum atomic E-state index is -1.47. The molecule has 0 spiro atoms. The molecule has 3 fully saturated rings. The summed E-state index contributed by atoms with van der Waals surface area (Å²) < 4.78 is 33.8. The standard InChI is InChI=1S/C17H32O8.C11H22O3/c1-8(2)5-10-6-11(22-4)16(9(3)23-10)25-17-15(21)14(20)13(19)12(7-18)24-17;1-7(2)5-9-6-10(13-4)11(12)8(3)14-9/h8-21H,5-7H2,1-4H3;7-12H,5-6H2,1-4H3. The Labute approximate surface area is 233 Å². The zero-order valence-corrected chi connectivity index (χ0v) is 24.9. The van der Waals surface area contributed by atoms with Crippen LogP contribution in [0.3, 0.4) is 0 Å². The minimum absolute atomic E-state index is 0.0644. The van der Waals surface area contributed by atoms with E-state index in [4.69, 9.17) is 28.4 Å². The van der Waals surface area contributed by atoms with Gasteiger partial charge in [0.15, 0.2) is 6.29 Å². The summed E-state index contributed by atoms with van der Waals surface area (Å²) in [5.41, 5.74) is 0. The quantitative estimate of drug-likeness (QED) is 0.271. The van der Waals surface area contributed by atoms with Gasteiger partial charge in [-0.15, -0.1) is 0 Å². The fourth-order valence-corrected chi connectivity index (χ4v) is 5.63. The molecule has 3 aliphatic heterocycles. The summed E-state index contributed by atoms with van der Waals surface area (Å²) in [6, 6.07) is 0. The second kappa shape index (κ2) is 16.3. The van der Waals surface area contributed by atoms with Crippen LogP contribution < -0.4 is 0 Å². The predicted molar refractivity (Wildman–Crippen MR) is 143 cm³/mol. The van der Waals surface area contributed by atoms with Crippen molar-refractivity contribution in [3.8, 4) is 0 Å². The Kier molecular flexibility index (Phi) is 14.5. The first-order chi connectivity index (χ1) is 18.3. The number of hydrogen-bond donors (Lipinski definition) is 5. The van der Waals surface area contributed by atoms with E-state index in [-0.39, 0.29) is 36.6 Å². The SMILES string of the molecule is COC1CC(CC(C)C)OC(C)C1O.COC1CC(CC(C)C)OC(C)C1OC1OC(CO)C(O)C(O)C1O. The van der Waals surface area contributed by atoms with Gasteiger partial charge in [0, 0.05) is 27.1 Å². The van der Waals surface area contributed by atoms with Crippen LogP contribution in [0.5, 0.6) is 0 Å². The molecular weight excluding hydrogens is 512 g/mol. The van der Waals surface area contributed by atoms with Crippen LogP contribution in [-0.4, -0.2) is 126 Å². The number of aliphatic hydroxyl groups excluding tert-OH is 5. The van der Waals surface area contributed by atoms with E-state index in [2.05, 4.69) is 27.7 Å². The minimum Gasteiger partial charge on any atom is -0.394 e.